The Bertz CT molecular complexity index is 390. The van der Waals surface area contributed by atoms with Crippen molar-refractivity contribution in [2.24, 2.45) is 5.92 Å². The summed E-state index contributed by atoms with van der Waals surface area (Å²) < 4.78 is 25.2. The highest BCUT2D eigenvalue weighted by molar-refractivity contribution is 8.00. The van der Waals surface area contributed by atoms with Crippen LogP contribution >= 0.6 is 11.8 Å². The molecule has 0 radical (unpaired) electrons. The van der Waals surface area contributed by atoms with Gasteiger partial charge in [0.05, 0.1) is 11.8 Å². The predicted octanol–water partition coefficient (Wildman–Crippen LogP) is 1.69. The molecule has 0 atom stereocenters. The molecular formula is C11H20N2O2S2. The minimum absolute atomic E-state index is 0.142. The predicted molar refractivity (Wildman–Crippen MR) is 71.3 cm³/mol. The SMILES string of the molecule is CSC1(C#N)CCN(S(=O)(=O)CC(C)C)CC1. The van der Waals surface area contributed by atoms with Crippen molar-refractivity contribution in [1.29, 1.82) is 5.26 Å². The number of sulfonamides is 1. The molecule has 1 rings (SSSR count). The lowest BCUT2D eigenvalue weighted by molar-refractivity contribution is 0.325. The molecule has 1 aliphatic heterocycles. The molecule has 0 bridgehead atoms. The fourth-order valence-corrected chi connectivity index (χ4v) is 4.49. The van der Waals surface area contributed by atoms with Gasteiger partial charge in [-0.15, -0.1) is 11.8 Å². The Kier molecular flexibility index (Phi) is 4.87. The van der Waals surface area contributed by atoms with Crippen LogP contribution in [0.5, 0.6) is 0 Å². The van der Waals surface area contributed by atoms with E-state index in [1.165, 1.54) is 11.8 Å². The normalized spacial score (nSPS) is 21.4. The van der Waals surface area contributed by atoms with Gasteiger partial charge in [-0.2, -0.15) is 5.26 Å². The number of hydrogen-bond acceptors (Lipinski definition) is 4. The van der Waals surface area contributed by atoms with Gasteiger partial charge in [-0.05, 0) is 25.0 Å². The van der Waals surface area contributed by atoms with E-state index in [0.717, 1.165) is 0 Å². The second kappa shape index (κ2) is 5.59. The summed E-state index contributed by atoms with van der Waals surface area (Å²) in [6, 6.07) is 2.32. The molecule has 0 aromatic rings. The van der Waals surface area contributed by atoms with Crippen molar-refractivity contribution in [2.45, 2.75) is 31.4 Å². The summed E-state index contributed by atoms with van der Waals surface area (Å²) >= 11 is 1.54. The van der Waals surface area contributed by atoms with Crippen LogP contribution in [0.15, 0.2) is 0 Å². The third kappa shape index (κ3) is 3.60. The van der Waals surface area contributed by atoms with Gasteiger partial charge in [0.25, 0.3) is 0 Å². The van der Waals surface area contributed by atoms with E-state index in [9.17, 15) is 8.42 Å². The van der Waals surface area contributed by atoms with Gasteiger partial charge in [0.1, 0.15) is 4.75 Å². The Hall–Kier alpha value is -0.250. The van der Waals surface area contributed by atoms with E-state index in [4.69, 9.17) is 5.26 Å². The summed E-state index contributed by atoms with van der Waals surface area (Å²) in [4.78, 5) is 0. The lowest BCUT2D eigenvalue weighted by atomic mass is 9.99. The van der Waals surface area contributed by atoms with Crippen molar-refractivity contribution in [1.82, 2.24) is 4.31 Å². The standard InChI is InChI=1S/C11H20N2O2S2/c1-10(2)8-17(14,15)13-6-4-11(9-12,16-3)5-7-13/h10H,4-8H2,1-3H3. The van der Waals surface area contributed by atoms with E-state index >= 15 is 0 Å². The molecule has 0 unspecified atom stereocenters. The first-order valence-electron chi connectivity index (χ1n) is 5.79. The second-order valence-electron chi connectivity index (χ2n) is 4.88. The fraction of sp³-hybridized carbons (Fsp3) is 0.909. The molecule has 4 nitrogen and oxygen atoms in total. The Labute approximate surface area is 108 Å². The molecule has 0 amide bonds. The van der Waals surface area contributed by atoms with Crippen molar-refractivity contribution in [3.8, 4) is 6.07 Å². The van der Waals surface area contributed by atoms with Crippen LogP contribution in [0.1, 0.15) is 26.7 Å². The molecule has 0 aromatic heterocycles. The maximum atomic E-state index is 12.0. The summed E-state index contributed by atoms with van der Waals surface area (Å²) in [6.45, 7) is 4.76. The van der Waals surface area contributed by atoms with E-state index in [1.54, 1.807) is 4.31 Å². The maximum Gasteiger partial charge on any atom is 0.214 e. The molecule has 0 saturated carbocycles. The Balaban J connectivity index is 2.67. The van der Waals surface area contributed by atoms with Gasteiger partial charge in [0, 0.05) is 13.1 Å². The van der Waals surface area contributed by atoms with Crippen LogP contribution in [0, 0.1) is 17.2 Å². The molecule has 1 saturated heterocycles. The zero-order valence-corrected chi connectivity index (χ0v) is 12.3. The first-order chi connectivity index (χ1) is 7.85. The van der Waals surface area contributed by atoms with E-state index < -0.39 is 10.0 Å². The van der Waals surface area contributed by atoms with Gasteiger partial charge < -0.3 is 0 Å². The van der Waals surface area contributed by atoms with Gasteiger partial charge in [-0.3, -0.25) is 0 Å². The van der Waals surface area contributed by atoms with Crippen molar-refractivity contribution in [3.63, 3.8) is 0 Å². The lowest BCUT2D eigenvalue weighted by Gasteiger charge is -2.35. The van der Waals surface area contributed by atoms with E-state index in [-0.39, 0.29) is 16.4 Å². The summed E-state index contributed by atoms with van der Waals surface area (Å²) in [6.07, 6.45) is 3.17. The molecule has 1 heterocycles. The Morgan fingerprint density at radius 1 is 1.41 bits per heavy atom. The van der Waals surface area contributed by atoms with Crippen molar-refractivity contribution in [3.05, 3.63) is 0 Å². The van der Waals surface area contributed by atoms with E-state index in [0.29, 0.717) is 25.9 Å². The van der Waals surface area contributed by atoms with E-state index in [2.05, 4.69) is 6.07 Å². The molecule has 6 heteroatoms. The number of thioether (sulfide) groups is 1. The summed E-state index contributed by atoms with van der Waals surface area (Å²) in [5, 5.41) is 9.14. The molecular weight excluding hydrogens is 256 g/mol. The van der Waals surface area contributed by atoms with Gasteiger partial charge in [-0.25, -0.2) is 12.7 Å². The number of piperidine rings is 1. The molecule has 1 fully saturated rings. The monoisotopic (exact) mass is 276 g/mol. The summed E-state index contributed by atoms with van der Waals surface area (Å²) in [5.74, 6) is 0.342. The van der Waals surface area contributed by atoms with Gasteiger partial charge in [0.15, 0.2) is 0 Å². The van der Waals surface area contributed by atoms with Gasteiger partial charge in [-0.1, -0.05) is 13.8 Å². The topological polar surface area (TPSA) is 61.2 Å². The van der Waals surface area contributed by atoms with Crippen molar-refractivity contribution < 1.29 is 8.42 Å². The smallest absolute Gasteiger partial charge is 0.212 e. The summed E-state index contributed by atoms with van der Waals surface area (Å²) in [5.41, 5.74) is 0. The van der Waals surface area contributed by atoms with Crippen LogP contribution in [0.25, 0.3) is 0 Å². The molecule has 17 heavy (non-hydrogen) atoms. The van der Waals surface area contributed by atoms with Crippen LogP contribution in [0.3, 0.4) is 0 Å². The zero-order chi connectivity index (χ0) is 13.1. The van der Waals surface area contributed by atoms with Crippen molar-refractivity contribution in [2.75, 3.05) is 25.1 Å². The second-order valence-corrected chi connectivity index (χ2v) is 8.08. The average Bonchev–Trinajstić information content (AvgIpc) is 2.27. The summed E-state index contributed by atoms with van der Waals surface area (Å²) in [7, 11) is -3.13. The molecule has 98 valence electrons. The minimum atomic E-state index is -3.13. The number of nitrogens with zero attached hydrogens (tertiary/aromatic N) is 2. The maximum absolute atomic E-state index is 12.0. The lowest BCUT2D eigenvalue weighted by Crippen LogP contribution is -2.45. The molecule has 0 N–H and O–H groups in total. The number of rotatable bonds is 4. The Morgan fingerprint density at radius 3 is 2.29 bits per heavy atom. The quantitative estimate of drug-likeness (QED) is 0.784. The van der Waals surface area contributed by atoms with Crippen LogP contribution < -0.4 is 0 Å². The van der Waals surface area contributed by atoms with Crippen LogP contribution in [-0.2, 0) is 10.0 Å². The van der Waals surface area contributed by atoms with Crippen molar-refractivity contribution >= 4 is 21.8 Å². The average molecular weight is 276 g/mol. The highest BCUT2D eigenvalue weighted by Gasteiger charge is 2.37. The zero-order valence-electron chi connectivity index (χ0n) is 10.6. The first kappa shape index (κ1) is 14.8. The van der Waals surface area contributed by atoms with Gasteiger partial charge in [0.2, 0.25) is 10.0 Å². The minimum Gasteiger partial charge on any atom is -0.212 e. The van der Waals surface area contributed by atoms with Crippen LogP contribution in [0.4, 0.5) is 0 Å². The Morgan fingerprint density at radius 2 is 1.94 bits per heavy atom. The van der Waals surface area contributed by atoms with Crippen LogP contribution in [-0.4, -0.2) is 42.6 Å². The third-order valence-corrected chi connectivity index (χ3v) is 6.58. The largest absolute Gasteiger partial charge is 0.214 e. The van der Waals surface area contributed by atoms with Gasteiger partial charge >= 0.3 is 0 Å². The molecule has 0 aliphatic carbocycles. The van der Waals surface area contributed by atoms with Crippen LogP contribution in [0.2, 0.25) is 0 Å². The molecule has 0 spiro atoms. The first-order valence-corrected chi connectivity index (χ1v) is 8.63. The highest BCUT2D eigenvalue weighted by atomic mass is 32.2. The van der Waals surface area contributed by atoms with E-state index in [1.807, 2.05) is 20.1 Å². The third-order valence-electron chi connectivity index (χ3n) is 3.06. The number of nitriles is 1. The number of hydrogen-bond donors (Lipinski definition) is 0. The fourth-order valence-electron chi connectivity index (χ4n) is 2.01. The molecule has 0 aromatic carbocycles. The molecule has 1 aliphatic rings. The highest BCUT2D eigenvalue weighted by Crippen LogP contribution is 2.34.